The van der Waals surface area contributed by atoms with Gasteiger partial charge in [0.2, 0.25) is 0 Å². The molecular weight excluding hydrogens is 224 g/mol. The van der Waals surface area contributed by atoms with E-state index in [0.29, 0.717) is 6.04 Å². The van der Waals surface area contributed by atoms with E-state index >= 15 is 0 Å². The van der Waals surface area contributed by atoms with Crippen molar-refractivity contribution >= 4 is 5.69 Å². The van der Waals surface area contributed by atoms with Crippen LogP contribution in [0.15, 0.2) is 24.3 Å². The smallest absolute Gasteiger partial charge is 0.0632 e. The molecule has 1 aromatic carbocycles. The average molecular weight is 250 g/mol. The predicted octanol–water partition coefficient (Wildman–Crippen LogP) is 2.56. The molecule has 1 aromatic rings. The average Bonchev–Trinajstić information content (AvgIpc) is 2.43. The van der Waals surface area contributed by atoms with E-state index in [1.165, 1.54) is 11.3 Å². The molecule has 0 aliphatic carbocycles. The van der Waals surface area contributed by atoms with Crippen LogP contribution in [-0.2, 0) is 0 Å². The van der Waals surface area contributed by atoms with Crippen LogP contribution < -0.4 is 10.2 Å². The zero-order valence-electron chi connectivity index (χ0n) is 12.0. The first kappa shape index (κ1) is 15.0. The molecular formula is C15H26N2O. The lowest BCUT2D eigenvalue weighted by Gasteiger charge is -2.30. The Morgan fingerprint density at radius 3 is 2.50 bits per heavy atom. The van der Waals surface area contributed by atoms with E-state index < -0.39 is 0 Å². The minimum atomic E-state index is 0.130. The molecule has 18 heavy (non-hydrogen) atoms. The Labute approximate surface area is 111 Å². The summed E-state index contributed by atoms with van der Waals surface area (Å²) < 4.78 is 0. The molecule has 3 nitrogen and oxygen atoms in total. The number of benzene rings is 1. The Morgan fingerprint density at radius 2 is 1.94 bits per heavy atom. The molecule has 0 fully saturated rings. The van der Waals surface area contributed by atoms with E-state index in [1.807, 2.05) is 14.0 Å². The number of hydrogen-bond donors (Lipinski definition) is 2. The molecule has 0 saturated carbocycles. The summed E-state index contributed by atoms with van der Waals surface area (Å²) >= 11 is 0. The summed E-state index contributed by atoms with van der Waals surface area (Å²) in [6.07, 6.45) is 1.06. The molecule has 0 amide bonds. The molecule has 0 saturated heterocycles. The third-order valence-corrected chi connectivity index (χ3v) is 3.48. The minimum absolute atomic E-state index is 0.130. The van der Waals surface area contributed by atoms with Gasteiger partial charge in [-0.25, -0.2) is 0 Å². The lowest BCUT2D eigenvalue weighted by atomic mass is 10.0. The van der Waals surface area contributed by atoms with Crippen molar-refractivity contribution in [2.45, 2.75) is 39.3 Å². The first-order chi connectivity index (χ1) is 8.65. The van der Waals surface area contributed by atoms with Gasteiger partial charge in [-0.1, -0.05) is 32.0 Å². The van der Waals surface area contributed by atoms with Crippen molar-refractivity contribution in [3.63, 3.8) is 0 Å². The van der Waals surface area contributed by atoms with Gasteiger partial charge in [0.05, 0.1) is 6.61 Å². The van der Waals surface area contributed by atoms with E-state index in [1.54, 1.807) is 0 Å². The number of likely N-dealkylation sites (N-methyl/N-ethyl adjacent to an activating group) is 1. The Hall–Kier alpha value is -1.06. The highest BCUT2D eigenvalue weighted by atomic mass is 16.3. The van der Waals surface area contributed by atoms with Gasteiger partial charge in [-0.15, -0.1) is 0 Å². The van der Waals surface area contributed by atoms with Gasteiger partial charge < -0.3 is 15.3 Å². The molecule has 0 heterocycles. The van der Waals surface area contributed by atoms with E-state index in [-0.39, 0.29) is 12.6 Å². The van der Waals surface area contributed by atoms with Crippen molar-refractivity contribution in [1.82, 2.24) is 5.32 Å². The first-order valence-corrected chi connectivity index (χ1v) is 6.81. The summed E-state index contributed by atoms with van der Waals surface area (Å²) in [6.45, 7) is 7.49. The van der Waals surface area contributed by atoms with Gasteiger partial charge in [-0.3, -0.25) is 0 Å². The fourth-order valence-corrected chi connectivity index (χ4v) is 2.18. The standard InChI is InChI=1S/C15H26N2O/c1-5-14(16-6-2)13-9-7-8-10-15(13)17(4)12(3)11-18/h7-10,12,14,16,18H,5-6,11H2,1-4H3. The second-order valence-corrected chi connectivity index (χ2v) is 4.72. The first-order valence-electron chi connectivity index (χ1n) is 6.81. The highest BCUT2D eigenvalue weighted by Gasteiger charge is 2.17. The predicted molar refractivity (Wildman–Crippen MR) is 78.1 cm³/mol. The topological polar surface area (TPSA) is 35.5 Å². The Balaban J connectivity index is 3.04. The number of nitrogens with one attached hydrogen (secondary N) is 1. The zero-order chi connectivity index (χ0) is 13.5. The second-order valence-electron chi connectivity index (χ2n) is 4.72. The molecule has 0 aliphatic heterocycles. The molecule has 1 rings (SSSR count). The largest absolute Gasteiger partial charge is 0.394 e. The summed E-state index contributed by atoms with van der Waals surface area (Å²) in [7, 11) is 2.04. The van der Waals surface area contributed by atoms with Gasteiger partial charge in [0.15, 0.2) is 0 Å². The van der Waals surface area contributed by atoms with Crippen LogP contribution in [0.4, 0.5) is 5.69 Å². The highest BCUT2D eigenvalue weighted by molar-refractivity contribution is 5.55. The second kappa shape index (κ2) is 7.39. The van der Waals surface area contributed by atoms with Gasteiger partial charge in [-0.05, 0) is 31.5 Å². The van der Waals surface area contributed by atoms with Crippen LogP contribution in [0.3, 0.4) is 0 Å². The number of nitrogens with zero attached hydrogens (tertiary/aromatic N) is 1. The number of anilines is 1. The highest BCUT2D eigenvalue weighted by Crippen LogP contribution is 2.28. The molecule has 2 atom stereocenters. The number of para-hydroxylation sites is 1. The fourth-order valence-electron chi connectivity index (χ4n) is 2.18. The van der Waals surface area contributed by atoms with Crippen LogP contribution in [0.2, 0.25) is 0 Å². The van der Waals surface area contributed by atoms with Gasteiger partial charge in [0, 0.05) is 24.8 Å². The molecule has 2 N–H and O–H groups in total. The lowest BCUT2D eigenvalue weighted by Crippen LogP contribution is -2.33. The molecule has 2 unspecified atom stereocenters. The summed E-state index contributed by atoms with van der Waals surface area (Å²) in [5.41, 5.74) is 2.51. The van der Waals surface area contributed by atoms with Gasteiger partial charge >= 0.3 is 0 Å². The maximum absolute atomic E-state index is 9.30. The Bertz CT molecular complexity index is 333. The summed E-state index contributed by atoms with van der Waals surface area (Å²) in [6, 6.07) is 8.94. The van der Waals surface area contributed by atoms with Crippen LogP contribution in [0.25, 0.3) is 0 Å². The third-order valence-electron chi connectivity index (χ3n) is 3.48. The summed E-state index contributed by atoms with van der Waals surface area (Å²) in [5.74, 6) is 0. The molecule has 0 aromatic heterocycles. The number of hydrogen-bond acceptors (Lipinski definition) is 3. The van der Waals surface area contributed by atoms with Crippen LogP contribution >= 0.6 is 0 Å². The molecule has 0 bridgehead atoms. The van der Waals surface area contributed by atoms with Crippen molar-refractivity contribution in [3.8, 4) is 0 Å². The molecule has 0 radical (unpaired) electrons. The monoisotopic (exact) mass is 250 g/mol. The summed E-state index contributed by atoms with van der Waals surface area (Å²) in [4.78, 5) is 2.15. The SMILES string of the molecule is CCNC(CC)c1ccccc1N(C)C(C)CO. The molecule has 0 spiro atoms. The molecule has 3 heteroatoms. The number of rotatable bonds is 7. The van der Waals surface area contributed by atoms with Crippen LogP contribution in [0, 0.1) is 0 Å². The van der Waals surface area contributed by atoms with Crippen molar-refractivity contribution in [2.75, 3.05) is 25.1 Å². The van der Waals surface area contributed by atoms with E-state index in [4.69, 9.17) is 0 Å². The normalized spacial score (nSPS) is 14.3. The minimum Gasteiger partial charge on any atom is -0.394 e. The Morgan fingerprint density at radius 1 is 1.28 bits per heavy atom. The fraction of sp³-hybridized carbons (Fsp3) is 0.600. The van der Waals surface area contributed by atoms with E-state index in [0.717, 1.165) is 13.0 Å². The maximum Gasteiger partial charge on any atom is 0.0632 e. The van der Waals surface area contributed by atoms with Crippen LogP contribution in [-0.4, -0.2) is 31.3 Å². The molecule has 0 aliphatic rings. The molecule has 102 valence electrons. The van der Waals surface area contributed by atoms with Crippen LogP contribution in [0.5, 0.6) is 0 Å². The quantitative estimate of drug-likeness (QED) is 0.780. The van der Waals surface area contributed by atoms with Crippen molar-refractivity contribution < 1.29 is 5.11 Å². The van der Waals surface area contributed by atoms with Crippen molar-refractivity contribution in [3.05, 3.63) is 29.8 Å². The van der Waals surface area contributed by atoms with Gasteiger partial charge in [0.25, 0.3) is 0 Å². The summed E-state index contributed by atoms with van der Waals surface area (Å²) in [5, 5.41) is 12.8. The van der Waals surface area contributed by atoms with Gasteiger partial charge in [0.1, 0.15) is 0 Å². The van der Waals surface area contributed by atoms with E-state index in [2.05, 4.69) is 48.3 Å². The van der Waals surface area contributed by atoms with E-state index in [9.17, 15) is 5.11 Å². The zero-order valence-corrected chi connectivity index (χ0v) is 12.0. The van der Waals surface area contributed by atoms with Crippen molar-refractivity contribution in [1.29, 1.82) is 0 Å². The Kier molecular flexibility index (Phi) is 6.16. The maximum atomic E-state index is 9.30. The van der Waals surface area contributed by atoms with Crippen molar-refractivity contribution in [2.24, 2.45) is 0 Å². The lowest BCUT2D eigenvalue weighted by molar-refractivity contribution is 0.270. The third kappa shape index (κ3) is 3.47. The van der Waals surface area contributed by atoms with Gasteiger partial charge in [-0.2, -0.15) is 0 Å². The van der Waals surface area contributed by atoms with Crippen LogP contribution in [0.1, 0.15) is 38.8 Å². The number of aliphatic hydroxyl groups excluding tert-OH is 1. The number of aliphatic hydroxyl groups is 1.